The van der Waals surface area contributed by atoms with Crippen LogP contribution in [-0.2, 0) is 0 Å². The number of carbonyl (C=O) groups excluding carboxylic acids is 1. The van der Waals surface area contributed by atoms with E-state index in [0.717, 1.165) is 44.2 Å². The molecule has 2 fully saturated rings. The van der Waals surface area contributed by atoms with Crippen LogP contribution in [0.5, 0.6) is 0 Å². The predicted octanol–water partition coefficient (Wildman–Crippen LogP) is 2.34. The van der Waals surface area contributed by atoms with E-state index in [0.29, 0.717) is 10.7 Å². The standard InChI is InChI=1S/C14H22N4OS/c15-12-11(13(19)17-7-3-1-4-8-17)20-14(16-12)18-9-5-2-6-10-18/h1-10,15H2. The van der Waals surface area contributed by atoms with Crippen LogP contribution < -0.4 is 10.6 Å². The summed E-state index contributed by atoms with van der Waals surface area (Å²) in [6.45, 7) is 3.78. The largest absolute Gasteiger partial charge is 0.382 e. The van der Waals surface area contributed by atoms with Gasteiger partial charge in [-0.1, -0.05) is 11.3 Å². The topological polar surface area (TPSA) is 62.5 Å². The van der Waals surface area contributed by atoms with E-state index >= 15 is 0 Å². The normalized spacial score (nSPS) is 20.2. The fourth-order valence-electron chi connectivity index (χ4n) is 2.93. The molecule has 5 nitrogen and oxygen atoms in total. The minimum absolute atomic E-state index is 0.0722. The number of aromatic nitrogens is 1. The second kappa shape index (κ2) is 5.99. The molecule has 0 saturated carbocycles. The molecule has 6 heteroatoms. The lowest BCUT2D eigenvalue weighted by molar-refractivity contribution is 0.0730. The summed E-state index contributed by atoms with van der Waals surface area (Å²) >= 11 is 1.47. The van der Waals surface area contributed by atoms with E-state index in [9.17, 15) is 4.79 Å². The van der Waals surface area contributed by atoms with Crippen LogP contribution in [0.15, 0.2) is 0 Å². The van der Waals surface area contributed by atoms with Gasteiger partial charge in [-0.15, -0.1) is 0 Å². The molecule has 1 aromatic heterocycles. The number of carbonyl (C=O) groups is 1. The zero-order valence-electron chi connectivity index (χ0n) is 11.8. The summed E-state index contributed by atoms with van der Waals surface area (Å²) in [6.07, 6.45) is 7.12. The van der Waals surface area contributed by atoms with Crippen LogP contribution in [-0.4, -0.2) is 42.0 Å². The molecule has 0 spiro atoms. The van der Waals surface area contributed by atoms with Crippen LogP contribution in [0, 0.1) is 0 Å². The van der Waals surface area contributed by atoms with Crippen LogP contribution in [0.4, 0.5) is 10.9 Å². The van der Waals surface area contributed by atoms with Crippen molar-refractivity contribution >= 4 is 28.2 Å². The van der Waals surface area contributed by atoms with E-state index in [1.54, 1.807) is 0 Å². The molecule has 0 radical (unpaired) electrons. The number of nitrogen functional groups attached to an aromatic ring is 1. The number of nitrogens with two attached hydrogens (primary N) is 1. The number of amides is 1. The lowest BCUT2D eigenvalue weighted by Crippen LogP contribution is -2.35. The van der Waals surface area contributed by atoms with E-state index in [4.69, 9.17) is 5.73 Å². The second-order valence-electron chi connectivity index (χ2n) is 5.61. The van der Waals surface area contributed by atoms with E-state index in [1.165, 1.54) is 37.0 Å². The number of likely N-dealkylation sites (tertiary alicyclic amines) is 1. The van der Waals surface area contributed by atoms with Gasteiger partial charge in [0, 0.05) is 26.2 Å². The lowest BCUT2D eigenvalue weighted by Gasteiger charge is -2.26. The molecule has 20 heavy (non-hydrogen) atoms. The van der Waals surface area contributed by atoms with E-state index < -0.39 is 0 Å². The second-order valence-corrected chi connectivity index (χ2v) is 6.59. The molecule has 2 aliphatic heterocycles. The smallest absolute Gasteiger partial charge is 0.267 e. The van der Waals surface area contributed by atoms with E-state index in [2.05, 4.69) is 9.88 Å². The SMILES string of the molecule is Nc1nc(N2CCCCC2)sc1C(=O)N1CCCCC1. The maximum Gasteiger partial charge on any atom is 0.267 e. The monoisotopic (exact) mass is 294 g/mol. The van der Waals surface area contributed by atoms with Gasteiger partial charge in [0.1, 0.15) is 10.7 Å². The van der Waals surface area contributed by atoms with Crippen molar-refractivity contribution in [3.05, 3.63) is 4.88 Å². The average molecular weight is 294 g/mol. The first-order chi connectivity index (χ1) is 9.75. The maximum absolute atomic E-state index is 12.5. The number of rotatable bonds is 2. The quantitative estimate of drug-likeness (QED) is 0.909. The summed E-state index contributed by atoms with van der Waals surface area (Å²) in [5, 5.41) is 0.919. The van der Waals surface area contributed by atoms with Gasteiger partial charge in [0.15, 0.2) is 5.13 Å². The third-order valence-electron chi connectivity index (χ3n) is 4.11. The molecule has 2 saturated heterocycles. The maximum atomic E-state index is 12.5. The number of thiazole rings is 1. The van der Waals surface area contributed by atoms with Crippen molar-refractivity contribution in [3.8, 4) is 0 Å². The van der Waals surface area contributed by atoms with E-state index in [1.807, 2.05) is 4.90 Å². The number of hydrogen-bond acceptors (Lipinski definition) is 5. The highest BCUT2D eigenvalue weighted by Crippen LogP contribution is 2.31. The van der Waals surface area contributed by atoms with Gasteiger partial charge in [-0.25, -0.2) is 4.98 Å². The Kier molecular flexibility index (Phi) is 4.10. The minimum atomic E-state index is 0.0722. The first kappa shape index (κ1) is 13.7. The van der Waals surface area contributed by atoms with Crippen LogP contribution in [0.25, 0.3) is 0 Å². The van der Waals surface area contributed by atoms with Gasteiger partial charge < -0.3 is 15.5 Å². The number of hydrogen-bond donors (Lipinski definition) is 1. The lowest BCUT2D eigenvalue weighted by atomic mass is 10.1. The molecule has 110 valence electrons. The predicted molar refractivity (Wildman–Crippen MR) is 82.3 cm³/mol. The van der Waals surface area contributed by atoms with Crippen LogP contribution in [0.1, 0.15) is 48.2 Å². The minimum Gasteiger partial charge on any atom is -0.382 e. The third-order valence-corrected chi connectivity index (χ3v) is 5.23. The Morgan fingerprint density at radius 3 is 2.25 bits per heavy atom. The van der Waals surface area contributed by atoms with Gasteiger partial charge in [-0.3, -0.25) is 4.79 Å². The molecule has 0 aromatic carbocycles. The Balaban J connectivity index is 1.75. The Bertz CT molecular complexity index is 476. The summed E-state index contributed by atoms with van der Waals surface area (Å²) in [5.74, 6) is 0.481. The molecule has 1 aromatic rings. The molecular weight excluding hydrogens is 272 g/mol. The van der Waals surface area contributed by atoms with Crippen molar-refractivity contribution in [1.82, 2.24) is 9.88 Å². The molecule has 1 amide bonds. The van der Waals surface area contributed by atoms with Gasteiger partial charge in [0.2, 0.25) is 0 Å². The van der Waals surface area contributed by atoms with Gasteiger partial charge in [-0.2, -0.15) is 0 Å². The van der Waals surface area contributed by atoms with Crippen molar-refractivity contribution in [2.45, 2.75) is 38.5 Å². The summed E-state index contributed by atoms with van der Waals surface area (Å²) in [4.78, 5) is 21.8. The fourth-order valence-corrected chi connectivity index (χ4v) is 3.94. The number of anilines is 2. The Labute approximate surface area is 123 Å². The van der Waals surface area contributed by atoms with Crippen molar-refractivity contribution in [3.63, 3.8) is 0 Å². The highest BCUT2D eigenvalue weighted by Gasteiger charge is 2.25. The first-order valence-corrected chi connectivity index (χ1v) is 8.38. The molecular formula is C14H22N4OS. The van der Waals surface area contributed by atoms with Gasteiger partial charge in [0.05, 0.1) is 0 Å². The Hall–Kier alpha value is -1.30. The molecule has 2 aliphatic rings. The summed E-state index contributed by atoms with van der Waals surface area (Å²) in [7, 11) is 0. The molecule has 0 unspecified atom stereocenters. The van der Waals surface area contributed by atoms with Crippen LogP contribution in [0.3, 0.4) is 0 Å². The summed E-state index contributed by atoms with van der Waals surface area (Å²) < 4.78 is 0. The highest BCUT2D eigenvalue weighted by atomic mass is 32.1. The highest BCUT2D eigenvalue weighted by molar-refractivity contribution is 7.18. The van der Waals surface area contributed by atoms with Crippen molar-refractivity contribution in [1.29, 1.82) is 0 Å². The zero-order valence-corrected chi connectivity index (χ0v) is 12.6. The Morgan fingerprint density at radius 2 is 1.60 bits per heavy atom. The van der Waals surface area contributed by atoms with Crippen LogP contribution >= 0.6 is 11.3 Å². The fraction of sp³-hybridized carbons (Fsp3) is 0.714. The molecule has 0 atom stereocenters. The van der Waals surface area contributed by atoms with Crippen molar-refractivity contribution in [2.24, 2.45) is 0 Å². The summed E-state index contributed by atoms with van der Waals surface area (Å²) in [5.41, 5.74) is 5.98. The molecule has 0 bridgehead atoms. The van der Waals surface area contributed by atoms with Crippen molar-refractivity contribution < 1.29 is 4.79 Å². The zero-order chi connectivity index (χ0) is 13.9. The van der Waals surface area contributed by atoms with E-state index in [-0.39, 0.29) is 5.91 Å². The third kappa shape index (κ3) is 2.75. The Morgan fingerprint density at radius 1 is 1.00 bits per heavy atom. The van der Waals surface area contributed by atoms with Crippen molar-refractivity contribution in [2.75, 3.05) is 36.8 Å². The first-order valence-electron chi connectivity index (χ1n) is 7.56. The van der Waals surface area contributed by atoms with Gasteiger partial charge in [-0.05, 0) is 38.5 Å². The average Bonchev–Trinajstić information content (AvgIpc) is 2.90. The molecule has 0 aliphatic carbocycles. The summed E-state index contributed by atoms with van der Waals surface area (Å²) in [6, 6.07) is 0. The molecule has 3 rings (SSSR count). The molecule has 2 N–H and O–H groups in total. The van der Waals surface area contributed by atoms with Gasteiger partial charge in [0.25, 0.3) is 5.91 Å². The molecule has 3 heterocycles. The van der Waals surface area contributed by atoms with Crippen LogP contribution in [0.2, 0.25) is 0 Å². The number of piperidine rings is 2. The van der Waals surface area contributed by atoms with Gasteiger partial charge >= 0.3 is 0 Å². The number of nitrogens with zero attached hydrogens (tertiary/aromatic N) is 3.